The Morgan fingerprint density at radius 2 is 1.23 bits per heavy atom. The number of carboxylic acid groups (broad SMARTS) is 1. The van der Waals surface area contributed by atoms with E-state index >= 15 is 0 Å². The number of aliphatic carboxylic acids is 1. The van der Waals surface area contributed by atoms with Gasteiger partial charge in [0.05, 0.1) is 12.7 Å². The summed E-state index contributed by atoms with van der Waals surface area (Å²) < 4.78 is 12.0. The molecule has 48 heavy (non-hydrogen) atoms. The number of carbonyl (C=O) groups excluding carboxylic acids is 5. The van der Waals surface area contributed by atoms with Gasteiger partial charge in [-0.3, -0.25) is 19.2 Å². The Labute approximate surface area is 308 Å². The van der Waals surface area contributed by atoms with Crippen LogP contribution >= 0.6 is 45.2 Å². The second-order valence-corrected chi connectivity index (χ2v) is 13.4. The van der Waals surface area contributed by atoms with Crippen molar-refractivity contribution in [3.8, 4) is 0 Å². The fraction of sp³-hybridized carbons (Fsp3) is 0.455. The number of amides is 4. The van der Waals surface area contributed by atoms with E-state index in [9.17, 15) is 33.9 Å². The number of likely N-dealkylation sites (N-methyl/N-ethyl adjacent to an activating group) is 4. The van der Waals surface area contributed by atoms with E-state index in [1.807, 2.05) is 0 Å². The quantitative estimate of drug-likeness (QED) is 0.194. The Morgan fingerprint density at radius 1 is 0.833 bits per heavy atom. The van der Waals surface area contributed by atoms with Crippen molar-refractivity contribution in [2.75, 3.05) is 41.4 Å². The summed E-state index contributed by atoms with van der Waals surface area (Å²) in [6.45, 7) is 7.43. The van der Waals surface area contributed by atoms with Gasteiger partial charge in [0, 0.05) is 53.1 Å². The van der Waals surface area contributed by atoms with E-state index in [4.69, 9.17) is 9.47 Å². The molecule has 0 radical (unpaired) electrons. The van der Waals surface area contributed by atoms with Crippen LogP contribution in [0.4, 0.5) is 0 Å². The molecule has 1 aliphatic rings. The molecule has 1 saturated heterocycles. The van der Waals surface area contributed by atoms with Gasteiger partial charge in [0.15, 0.2) is 0 Å². The summed E-state index contributed by atoms with van der Waals surface area (Å²) in [5.41, 5.74) is -2.98. The maximum absolute atomic E-state index is 12.6. The number of carbonyl (C=O) groups is 6. The van der Waals surface area contributed by atoms with Gasteiger partial charge in [0.25, 0.3) is 23.6 Å². The first-order valence-electron chi connectivity index (χ1n) is 15.0. The number of halogens is 2. The minimum atomic E-state index is -1.96. The number of benzene rings is 2. The third-order valence-corrected chi connectivity index (χ3v) is 9.16. The molecule has 0 aromatic heterocycles. The van der Waals surface area contributed by atoms with Crippen LogP contribution in [0.25, 0.3) is 0 Å². The van der Waals surface area contributed by atoms with Gasteiger partial charge in [-0.1, -0.05) is 0 Å². The minimum absolute atomic E-state index is 0.122. The average Bonchev–Trinajstić information content (AvgIpc) is 3.57. The van der Waals surface area contributed by atoms with Crippen molar-refractivity contribution >= 4 is 80.7 Å². The zero-order valence-electron chi connectivity index (χ0n) is 28.4. The van der Waals surface area contributed by atoms with Crippen molar-refractivity contribution in [1.29, 1.82) is 0 Å². The van der Waals surface area contributed by atoms with Crippen LogP contribution in [-0.2, 0) is 28.7 Å². The minimum Gasteiger partial charge on any atom is -0.479 e. The van der Waals surface area contributed by atoms with Crippen molar-refractivity contribution in [3.63, 3.8) is 0 Å². The summed E-state index contributed by atoms with van der Waals surface area (Å²) >= 11 is 4.23. The third-order valence-electron chi connectivity index (χ3n) is 7.72. The van der Waals surface area contributed by atoms with Crippen molar-refractivity contribution in [1.82, 2.24) is 20.4 Å². The van der Waals surface area contributed by atoms with Gasteiger partial charge >= 0.3 is 11.9 Å². The number of rotatable bonds is 9. The molecule has 13 nitrogen and oxygen atoms in total. The number of nitrogens with zero attached hydrogens (tertiary/aromatic N) is 2. The Hall–Kier alpha value is -3.32. The molecular weight excluding hydrogens is 850 g/mol. The second kappa shape index (κ2) is 19.6. The van der Waals surface area contributed by atoms with Crippen molar-refractivity contribution < 1.29 is 43.3 Å². The van der Waals surface area contributed by atoms with Crippen LogP contribution < -0.4 is 10.6 Å². The summed E-state index contributed by atoms with van der Waals surface area (Å²) in [7, 11) is 5.44. The molecule has 1 fully saturated rings. The van der Waals surface area contributed by atoms with E-state index in [1.54, 1.807) is 55.5 Å². The fourth-order valence-electron chi connectivity index (χ4n) is 4.25. The second-order valence-electron chi connectivity index (χ2n) is 10.9. The summed E-state index contributed by atoms with van der Waals surface area (Å²) in [6.07, 6.45) is 3.08. The maximum atomic E-state index is 12.6. The summed E-state index contributed by atoms with van der Waals surface area (Å²) in [6, 6.07) is 13.5. The lowest BCUT2D eigenvalue weighted by atomic mass is 9.98. The van der Waals surface area contributed by atoms with Gasteiger partial charge in [-0.15, -0.1) is 0 Å². The van der Waals surface area contributed by atoms with Crippen molar-refractivity contribution in [3.05, 3.63) is 66.8 Å². The van der Waals surface area contributed by atoms with Crippen LogP contribution in [0.1, 0.15) is 61.3 Å². The maximum Gasteiger partial charge on any atom is 0.341 e. The largest absolute Gasteiger partial charge is 0.479 e. The first kappa shape index (κ1) is 42.7. The topological polar surface area (TPSA) is 172 Å². The molecule has 2 aromatic carbocycles. The zero-order valence-corrected chi connectivity index (χ0v) is 32.7. The highest BCUT2D eigenvalue weighted by atomic mass is 127. The lowest BCUT2D eigenvalue weighted by molar-refractivity contribution is -0.160. The monoisotopic (exact) mass is 894 g/mol. The van der Waals surface area contributed by atoms with Crippen molar-refractivity contribution in [2.24, 2.45) is 0 Å². The molecule has 264 valence electrons. The van der Waals surface area contributed by atoms with E-state index in [0.717, 1.165) is 23.5 Å². The molecule has 0 spiro atoms. The number of nitrogens with one attached hydrogen (secondary N) is 2. The SMILES string of the molecule is CC1CCCO1.CCOC(=O)[C@](C)(C(=O)NC)N(C)C(=O)c1ccc(I)cc1.CNC(=O)[C@@](C)(C(=O)O)N(C)C(=O)c1ccc(I)cc1. The summed E-state index contributed by atoms with van der Waals surface area (Å²) in [5, 5.41) is 14.0. The van der Waals surface area contributed by atoms with Gasteiger partial charge < -0.3 is 35.0 Å². The molecule has 3 atom stereocenters. The van der Waals surface area contributed by atoms with Crippen LogP contribution in [0.5, 0.6) is 0 Å². The lowest BCUT2D eigenvalue weighted by Crippen LogP contribution is -2.62. The summed E-state index contributed by atoms with van der Waals surface area (Å²) in [4.78, 5) is 74.5. The Morgan fingerprint density at radius 3 is 1.52 bits per heavy atom. The number of hydrogen-bond donors (Lipinski definition) is 3. The van der Waals surface area contributed by atoms with Gasteiger partial charge in [0.1, 0.15) is 0 Å². The van der Waals surface area contributed by atoms with E-state index in [2.05, 4.69) is 62.7 Å². The molecule has 3 rings (SSSR count). The highest BCUT2D eigenvalue weighted by molar-refractivity contribution is 14.1. The highest BCUT2D eigenvalue weighted by Gasteiger charge is 2.49. The van der Waals surface area contributed by atoms with Crippen LogP contribution in [0.2, 0.25) is 0 Å². The van der Waals surface area contributed by atoms with Crippen molar-refractivity contribution in [2.45, 2.75) is 57.7 Å². The molecule has 4 amide bonds. The molecule has 1 aliphatic heterocycles. The lowest BCUT2D eigenvalue weighted by Gasteiger charge is -2.34. The predicted molar refractivity (Wildman–Crippen MR) is 196 cm³/mol. The Bertz CT molecular complexity index is 1430. The van der Waals surface area contributed by atoms with Crippen LogP contribution in [-0.4, -0.2) is 109 Å². The number of ether oxygens (including phenoxy) is 2. The first-order valence-corrected chi connectivity index (χ1v) is 17.1. The third kappa shape index (κ3) is 10.8. The van der Waals surface area contributed by atoms with Crippen LogP contribution in [0.15, 0.2) is 48.5 Å². The molecule has 0 aliphatic carbocycles. The van der Waals surface area contributed by atoms with Gasteiger partial charge in [-0.2, -0.15) is 0 Å². The zero-order chi connectivity index (χ0) is 36.8. The number of carboxylic acids is 1. The molecule has 1 unspecified atom stereocenters. The first-order chi connectivity index (χ1) is 22.4. The van der Waals surface area contributed by atoms with Gasteiger partial charge in [-0.25, -0.2) is 9.59 Å². The Balaban J connectivity index is 0.000000409. The molecule has 15 heteroatoms. The summed E-state index contributed by atoms with van der Waals surface area (Å²) in [5.74, 6) is -4.49. The smallest absolute Gasteiger partial charge is 0.341 e. The van der Waals surface area contributed by atoms with Crippen LogP contribution in [0.3, 0.4) is 0 Å². The molecule has 3 N–H and O–H groups in total. The fourth-order valence-corrected chi connectivity index (χ4v) is 4.97. The van der Waals surface area contributed by atoms with E-state index in [1.165, 1.54) is 54.9 Å². The molecule has 0 saturated carbocycles. The highest BCUT2D eigenvalue weighted by Crippen LogP contribution is 2.21. The van der Waals surface area contributed by atoms with E-state index in [0.29, 0.717) is 17.2 Å². The molecule has 2 aromatic rings. The van der Waals surface area contributed by atoms with E-state index < -0.39 is 46.6 Å². The van der Waals surface area contributed by atoms with E-state index in [-0.39, 0.29) is 6.61 Å². The average molecular weight is 895 g/mol. The number of hydrogen-bond acceptors (Lipinski definition) is 8. The normalized spacial score (nSPS) is 15.8. The van der Waals surface area contributed by atoms with Gasteiger partial charge in [0.2, 0.25) is 11.1 Å². The number of esters is 1. The predicted octanol–water partition coefficient (Wildman–Crippen LogP) is 3.57. The van der Waals surface area contributed by atoms with Gasteiger partial charge in [-0.05, 0) is 134 Å². The van der Waals surface area contributed by atoms with Crippen LogP contribution in [0, 0.1) is 7.14 Å². The standard InChI is InChI=1S/C15H19IN2O4.C13H15IN2O4.C5H10O/c1-5-22-14(21)15(2,13(20)17-3)18(4)12(19)10-6-8-11(16)9-7-10;1-13(12(19)20,11(18)15-2)16(3)10(17)8-4-6-9(14)7-5-8;1-5-3-2-4-6-5/h6-9H,5H2,1-4H3,(H,17,20);4-7H,1-3H3,(H,15,18)(H,19,20);5H,2-4H2,1H3/t15-;13-;/m00./s1. The molecule has 0 bridgehead atoms. The molecule has 1 heterocycles. The molecular formula is C33H44I2N4O9. The Kier molecular flexibility index (Phi) is 17.5.